The Morgan fingerprint density at radius 1 is 1.41 bits per heavy atom. The summed E-state index contributed by atoms with van der Waals surface area (Å²) in [5.74, 6) is 1.43. The summed E-state index contributed by atoms with van der Waals surface area (Å²) in [6, 6.07) is 5.61. The Labute approximate surface area is 161 Å². The first-order valence-electron chi connectivity index (χ1n) is 9.17. The lowest BCUT2D eigenvalue weighted by atomic mass is 9.87. The minimum atomic E-state index is -0.614. The number of benzene rings is 1. The number of piperidine rings is 1. The molecular formula is C19H23N3O4S. The van der Waals surface area contributed by atoms with E-state index < -0.39 is 6.10 Å². The van der Waals surface area contributed by atoms with Crippen molar-refractivity contribution in [2.24, 2.45) is 0 Å². The predicted octanol–water partition coefficient (Wildman–Crippen LogP) is 2.49. The van der Waals surface area contributed by atoms with Gasteiger partial charge < -0.3 is 24.8 Å². The highest BCUT2D eigenvalue weighted by atomic mass is 32.1. The number of rotatable bonds is 4. The number of aryl methyl sites for hydroxylation is 1. The molecule has 4 rings (SSSR count). The van der Waals surface area contributed by atoms with Gasteiger partial charge in [-0.3, -0.25) is 0 Å². The smallest absolute Gasteiger partial charge is 0.317 e. The SMILES string of the molecule is CCc1csc(CNC(=O)N2CC[C@@H](c3ccc4c(c3)OCO4)[C@H](O)C2)n1. The number of β-amino-alcohol motifs (C(OH)–C–C–N with tert-alkyl or cyclic N) is 1. The Morgan fingerprint density at radius 3 is 3.04 bits per heavy atom. The lowest BCUT2D eigenvalue weighted by Gasteiger charge is -2.36. The number of nitrogens with one attached hydrogen (secondary N) is 1. The van der Waals surface area contributed by atoms with Gasteiger partial charge in [0, 0.05) is 24.4 Å². The Kier molecular flexibility index (Phi) is 5.18. The second-order valence-corrected chi connectivity index (χ2v) is 7.71. The molecule has 1 aromatic carbocycles. The number of aliphatic hydroxyl groups excluding tert-OH is 1. The normalized spacial score (nSPS) is 21.3. The summed E-state index contributed by atoms with van der Waals surface area (Å²) < 4.78 is 10.8. The van der Waals surface area contributed by atoms with E-state index >= 15 is 0 Å². The summed E-state index contributed by atoms with van der Waals surface area (Å²) >= 11 is 1.55. The van der Waals surface area contributed by atoms with E-state index in [-0.39, 0.29) is 18.7 Å². The lowest BCUT2D eigenvalue weighted by Crippen LogP contribution is -2.49. The number of fused-ring (bicyclic) bond motifs is 1. The van der Waals surface area contributed by atoms with Gasteiger partial charge in [0.1, 0.15) is 5.01 Å². The molecule has 144 valence electrons. The number of hydrogen-bond acceptors (Lipinski definition) is 6. The standard InChI is InChI=1S/C19H23N3O4S/c1-2-13-10-27-18(21-13)8-20-19(24)22-6-5-14(15(23)9-22)12-3-4-16-17(7-12)26-11-25-16/h3-4,7,10,14-15,23H,2,5-6,8-9,11H2,1H3,(H,20,24)/t14-,15+/m0/s1. The molecule has 0 unspecified atom stereocenters. The largest absolute Gasteiger partial charge is 0.454 e. The first-order chi connectivity index (χ1) is 13.1. The van der Waals surface area contributed by atoms with Crippen LogP contribution in [0.2, 0.25) is 0 Å². The third kappa shape index (κ3) is 3.86. The Morgan fingerprint density at radius 2 is 2.26 bits per heavy atom. The molecule has 8 heteroatoms. The maximum atomic E-state index is 12.4. The van der Waals surface area contributed by atoms with Crippen molar-refractivity contribution in [3.05, 3.63) is 39.8 Å². The third-order valence-electron chi connectivity index (χ3n) is 5.05. The third-order valence-corrected chi connectivity index (χ3v) is 5.94. The van der Waals surface area contributed by atoms with Crippen LogP contribution >= 0.6 is 11.3 Å². The van der Waals surface area contributed by atoms with Crippen LogP contribution in [0.15, 0.2) is 23.6 Å². The molecular weight excluding hydrogens is 366 g/mol. The van der Waals surface area contributed by atoms with Crippen LogP contribution < -0.4 is 14.8 Å². The van der Waals surface area contributed by atoms with Gasteiger partial charge in [0.05, 0.1) is 18.3 Å². The highest BCUT2D eigenvalue weighted by molar-refractivity contribution is 7.09. The maximum absolute atomic E-state index is 12.4. The second kappa shape index (κ2) is 7.74. The summed E-state index contributed by atoms with van der Waals surface area (Å²) in [5.41, 5.74) is 2.06. The van der Waals surface area contributed by atoms with Crippen molar-refractivity contribution in [2.75, 3.05) is 19.9 Å². The number of carbonyl (C=O) groups is 1. The number of hydrogen-bond donors (Lipinski definition) is 2. The molecule has 2 aliphatic heterocycles. The number of aromatic nitrogens is 1. The number of likely N-dealkylation sites (tertiary alicyclic amines) is 1. The summed E-state index contributed by atoms with van der Waals surface area (Å²) in [5, 5.41) is 16.4. The highest BCUT2D eigenvalue weighted by Gasteiger charge is 2.32. The fourth-order valence-corrected chi connectivity index (χ4v) is 4.32. The zero-order valence-electron chi connectivity index (χ0n) is 15.2. The molecule has 0 saturated carbocycles. The van der Waals surface area contributed by atoms with Crippen molar-refractivity contribution in [1.82, 2.24) is 15.2 Å². The van der Waals surface area contributed by atoms with Gasteiger partial charge in [-0.25, -0.2) is 9.78 Å². The van der Waals surface area contributed by atoms with Crippen molar-refractivity contribution in [1.29, 1.82) is 0 Å². The van der Waals surface area contributed by atoms with E-state index in [0.717, 1.165) is 34.2 Å². The first kappa shape index (κ1) is 18.1. The van der Waals surface area contributed by atoms with Crippen LogP contribution in [0.5, 0.6) is 11.5 Å². The van der Waals surface area contributed by atoms with E-state index in [1.54, 1.807) is 16.2 Å². The van der Waals surface area contributed by atoms with Gasteiger partial charge in [0.25, 0.3) is 0 Å². The number of amides is 2. The number of ether oxygens (including phenoxy) is 2. The number of carbonyl (C=O) groups excluding carboxylic acids is 1. The summed E-state index contributed by atoms with van der Waals surface area (Å²) in [4.78, 5) is 18.6. The predicted molar refractivity (Wildman–Crippen MR) is 101 cm³/mol. The minimum absolute atomic E-state index is 0.0189. The molecule has 3 heterocycles. The van der Waals surface area contributed by atoms with Crippen LogP contribution in [0.3, 0.4) is 0 Å². The molecule has 0 bridgehead atoms. The van der Waals surface area contributed by atoms with Crippen molar-refractivity contribution in [2.45, 2.75) is 38.3 Å². The van der Waals surface area contributed by atoms with Gasteiger partial charge in [0.15, 0.2) is 11.5 Å². The molecule has 1 aromatic heterocycles. The average molecular weight is 389 g/mol. The molecule has 0 radical (unpaired) electrons. The molecule has 2 aromatic rings. The van der Waals surface area contributed by atoms with E-state index in [9.17, 15) is 9.90 Å². The van der Waals surface area contributed by atoms with Crippen LogP contribution in [0.1, 0.15) is 35.5 Å². The molecule has 2 N–H and O–H groups in total. The summed E-state index contributed by atoms with van der Waals surface area (Å²) in [6.07, 6.45) is 0.978. The van der Waals surface area contributed by atoms with E-state index in [1.165, 1.54) is 0 Å². The number of urea groups is 1. The van der Waals surface area contributed by atoms with Crippen molar-refractivity contribution in [3.8, 4) is 11.5 Å². The van der Waals surface area contributed by atoms with Crippen molar-refractivity contribution in [3.63, 3.8) is 0 Å². The Hall–Kier alpha value is -2.32. The number of aliphatic hydroxyl groups is 1. The Balaban J connectivity index is 1.33. The zero-order chi connectivity index (χ0) is 18.8. The number of nitrogens with zero attached hydrogens (tertiary/aromatic N) is 2. The average Bonchev–Trinajstić information content (AvgIpc) is 3.34. The minimum Gasteiger partial charge on any atom is -0.454 e. The van der Waals surface area contributed by atoms with Crippen LogP contribution in [0, 0.1) is 0 Å². The Bertz CT molecular complexity index is 825. The zero-order valence-corrected chi connectivity index (χ0v) is 16.0. The van der Waals surface area contributed by atoms with Gasteiger partial charge in [0.2, 0.25) is 6.79 Å². The molecule has 0 aliphatic carbocycles. The van der Waals surface area contributed by atoms with E-state index in [2.05, 4.69) is 17.2 Å². The second-order valence-electron chi connectivity index (χ2n) is 6.77. The van der Waals surface area contributed by atoms with Crippen LogP contribution in [-0.4, -0.2) is 47.0 Å². The van der Waals surface area contributed by atoms with Gasteiger partial charge in [-0.15, -0.1) is 11.3 Å². The fourth-order valence-electron chi connectivity index (χ4n) is 3.50. The molecule has 27 heavy (non-hydrogen) atoms. The summed E-state index contributed by atoms with van der Waals surface area (Å²) in [7, 11) is 0. The quantitative estimate of drug-likeness (QED) is 0.839. The molecule has 0 spiro atoms. The topological polar surface area (TPSA) is 83.9 Å². The lowest BCUT2D eigenvalue weighted by molar-refractivity contribution is 0.0653. The van der Waals surface area contributed by atoms with Crippen LogP contribution in [-0.2, 0) is 13.0 Å². The van der Waals surface area contributed by atoms with Gasteiger partial charge >= 0.3 is 6.03 Å². The van der Waals surface area contributed by atoms with E-state index in [0.29, 0.717) is 26.1 Å². The van der Waals surface area contributed by atoms with E-state index in [1.807, 2.05) is 23.6 Å². The molecule has 7 nitrogen and oxygen atoms in total. The maximum Gasteiger partial charge on any atom is 0.317 e. The molecule has 1 saturated heterocycles. The first-order valence-corrected chi connectivity index (χ1v) is 10.1. The molecule has 2 atom stereocenters. The molecule has 2 amide bonds. The number of thiazole rings is 1. The van der Waals surface area contributed by atoms with Crippen molar-refractivity contribution >= 4 is 17.4 Å². The molecule has 2 aliphatic rings. The monoisotopic (exact) mass is 389 g/mol. The molecule has 1 fully saturated rings. The van der Waals surface area contributed by atoms with Crippen LogP contribution in [0.4, 0.5) is 4.79 Å². The summed E-state index contributed by atoms with van der Waals surface area (Å²) in [6.45, 7) is 3.62. The van der Waals surface area contributed by atoms with Crippen molar-refractivity contribution < 1.29 is 19.4 Å². The van der Waals surface area contributed by atoms with Gasteiger partial charge in [-0.05, 0) is 30.5 Å². The van der Waals surface area contributed by atoms with Crippen LogP contribution in [0.25, 0.3) is 0 Å². The van der Waals surface area contributed by atoms with Gasteiger partial charge in [-0.1, -0.05) is 13.0 Å². The van der Waals surface area contributed by atoms with E-state index in [4.69, 9.17) is 9.47 Å². The highest BCUT2D eigenvalue weighted by Crippen LogP contribution is 2.37. The fraction of sp³-hybridized carbons (Fsp3) is 0.474. The van der Waals surface area contributed by atoms with Gasteiger partial charge in [-0.2, -0.15) is 0 Å².